The minimum Gasteiger partial charge on any atom is -0.343 e. The van der Waals surface area contributed by atoms with Crippen molar-refractivity contribution in [3.05, 3.63) is 41.7 Å². The Morgan fingerprint density at radius 3 is 2.62 bits per heavy atom. The van der Waals surface area contributed by atoms with E-state index in [4.69, 9.17) is 11.6 Å². The van der Waals surface area contributed by atoms with Gasteiger partial charge in [0.25, 0.3) is 0 Å². The number of hydrogen-bond acceptors (Lipinski definition) is 4. The molecule has 0 aliphatic carbocycles. The van der Waals surface area contributed by atoms with Gasteiger partial charge >= 0.3 is 0 Å². The maximum atomic E-state index is 12.2. The van der Waals surface area contributed by atoms with E-state index in [2.05, 4.69) is 15.3 Å². The van der Waals surface area contributed by atoms with Gasteiger partial charge in [-0.15, -0.1) is 0 Å². The van der Waals surface area contributed by atoms with Crippen molar-refractivity contribution in [3.63, 3.8) is 0 Å². The molecule has 1 aliphatic heterocycles. The standard InChI is InChI=1S/C19H21ClN4O2/c1-13(25)24-7-5-14(6-8-24)9-19(26)23-18-12-21-17(11-22-18)15-3-2-4-16(20)10-15/h2-4,10-12,14H,5-9H2,1H3,(H,22,23,26). The molecule has 1 fully saturated rings. The summed E-state index contributed by atoms with van der Waals surface area (Å²) in [6.45, 7) is 3.03. The van der Waals surface area contributed by atoms with E-state index in [1.807, 2.05) is 23.1 Å². The molecule has 2 amide bonds. The minimum atomic E-state index is -0.0731. The molecule has 0 atom stereocenters. The summed E-state index contributed by atoms with van der Waals surface area (Å²) in [4.78, 5) is 34.0. The predicted molar refractivity (Wildman–Crippen MR) is 101 cm³/mol. The van der Waals surface area contributed by atoms with Gasteiger partial charge in [0.05, 0.1) is 18.1 Å². The Bertz CT molecular complexity index is 786. The minimum absolute atomic E-state index is 0.0731. The van der Waals surface area contributed by atoms with Crippen LogP contribution in [0.1, 0.15) is 26.2 Å². The van der Waals surface area contributed by atoms with Crippen LogP contribution < -0.4 is 5.32 Å². The third-order valence-electron chi connectivity index (χ3n) is 4.57. The van der Waals surface area contributed by atoms with Crippen molar-refractivity contribution in [1.82, 2.24) is 14.9 Å². The molecular weight excluding hydrogens is 352 g/mol. The highest BCUT2D eigenvalue weighted by molar-refractivity contribution is 6.30. The monoisotopic (exact) mass is 372 g/mol. The molecule has 0 radical (unpaired) electrons. The molecule has 0 saturated carbocycles. The second-order valence-electron chi connectivity index (χ2n) is 6.50. The summed E-state index contributed by atoms with van der Waals surface area (Å²) < 4.78 is 0. The largest absolute Gasteiger partial charge is 0.343 e. The van der Waals surface area contributed by atoms with Crippen molar-refractivity contribution in [2.24, 2.45) is 5.92 Å². The summed E-state index contributed by atoms with van der Waals surface area (Å²) in [5.41, 5.74) is 1.57. The number of carbonyl (C=O) groups excluding carboxylic acids is 2. The van der Waals surface area contributed by atoms with E-state index in [-0.39, 0.29) is 11.8 Å². The number of hydrogen-bond donors (Lipinski definition) is 1. The van der Waals surface area contributed by atoms with Gasteiger partial charge in [0.1, 0.15) is 0 Å². The zero-order valence-corrected chi connectivity index (χ0v) is 15.4. The van der Waals surface area contributed by atoms with Crippen molar-refractivity contribution in [2.45, 2.75) is 26.2 Å². The molecule has 136 valence electrons. The van der Waals surface area contributed by atoms with E-state index < -0.39 is 0 Å². The molecule has 0 bridgehead atoms. The van der Waals surface area contributed by atoms with Crippen LogP contribution in [0, 0.1) is 5.92 Å². The number of benzene rings is 1. The van der Waals surface area contributed by atoms with Gasteiger partial charge in [-0.2, -0.15) is 0 Å². The number of likely N-dealkylation sites (tertiary alicyclic amines) is 1. The lowest BCUT2D eigenvalue weighted by atomic mass is 9.93. The van der Waals surface area contributed by atoms with Crippen molar-refractivity contribution in [2.75, 3.05) is 18.4 Å². The summed E-state index contributed by atoms with van der Waals surface area (Å²) in [6, 6.07) is 7.37. The highest BCUT2D eigenvalue weighted by atomic mass is 35.5. The highest BCUT2D eigenvalue weighted by Crippen LogP contribution is 2.22. The van der Waals surface area contributed by atoms with Crippen LogP contribution >= 0.6 is 11.6 Å². The van der Waals surface area contributed by atoms with Gasteiger partial charge < -0.3 is 10.2 Å². The number of halogens is 1. The summed E-state index contributed by atoms with van der Waals surface area (Å²) in [5.74, 6) is 0.755. The summed E-state index contributed by atoms with van der Waals surface area (Å²) in [5, 5.41) is 3.43. The van der Waals surface area contributed by atoms with Gasteiger partial charge in [-0.05, 0) is 30.9 Å². The van der Waals surface area contributed by atoms with Crippen LogP contribution in [0.25, 0.3) is 11.3 Å². The van der Waals surface area contributed by atoms with Crippen LogP contribution in [0.4, 0.5) is 5.82 Å². The smallest absolute Gasteiger partial charge is 0.225 e. The average molecular weight is 373 g/mol. The van der Waals surface area contributed by atoms with Gasteiger partial charge in [-0.3, -0.25) is 14.6 Å². The molecule has 0 unspecified atom stereocenters. The molecule has 2 heterocycles. The number of nitrogens with zero attached hydrogens (tertiary/aromatic N) is 3. The van der Waals surface area contributed by atoms with E-state index in [9.17, 15) is 9.59 Å². The Hall–Kier alpha value is -2.47. The Labute approximate surface area is 157 Å². The van der Waals surface area contributed by atoms with Gasteiger partial charge in [0.15, 0.2) is 5.82 Å². The Morgan fingerprint density at radius 2 is 2.00 bits per heavy atom. The molecule has 7 heteroatoms. The molecule has 3 rings (SSSR count). The zero-order chi connectivity index (χ0) is 18.5. The number of nitrogens with one attached hydrogen (secondary N) is 1. The summed E-state index contributed by atoms with van der Waals surface area (Å²) in [7, 11) is 0. The molecule has 1 aliphatic rings. The summed E-state index contributed by atoms with van der Waals surface area (Å²) >= 11 is 5.99. The first-order chi connectivity index (χ1) is 12.5. The van der Waals surface area contributed by atoms with Crippen LogP contribution in [0.2, 0.25) is 5.02 Å². The number of amides is 2. The maximum absolute atomic E-state index is 12.2. The fraction of sp³-hybridized carbons (Fsp3) is 0.368. The molecule has 1 saturated heterocycles. The molecule has 1 aromatic carbocycles. The lowest BCUT2D eigenvalue weighted by Gasteiger charge is -2.30. The normalized spacial score (nSPS) is 14.9. The molecule has 1 N–H and O–H groups in total. The molecule has 1 aromatic heterocycles. The predicted octanol–water partition coefficient (Wildman–Crippen LogP) is 3.38. The Morgan fingerprint density at radius 1 is 1.23 bits per heavy atom. The van der Waals surface area contributed by atoms with E-state index in [1.54, 1.807) is 25.4 Å². The molecular formula is C19H21ClN4O2. The number of carbonyl (C=O) groups is 2. The number of rotatable bonds is 4. The van der Waals surface area contributed by atoms with Gasteiger partial charge in [-0.25, -0.2) is 4.98 Å². The second kappa shape index (κ2) is 8.27. The Balaban J connectivity index is 1.53. The Kier molecular flexibility index (Phi) is 5.83. The highest BCUT2D eigenvalue weighted by Gasteiger charge is 2.22. The maximum Gasteiger partial charge on any atom is 0.225 e. The number of aromatic nitrogens is 2. The van der Waals surface area contributed by atoms with Crippen molar-refractivity contribution in [3.8, 4) is 11.3 Å². The first-order valence-corrected chi connectivity index (χ1v) is 9.02. The van der Waals surface area contributed by atoms with E-state index in [0.29, 0.717) is 28.9 Å². The zero-order valence-electron chi connectivity index (χ0n) is 14.6. The van der Waals surface area contributed by atoms with E-state index >= 15 is 0 Å². The quantitative estimate of drug-likeness (QED) is 0.892. The topological polar surface area (TPSA) is 75.2 Å². The van der Waals surface area contributed by atoms with Crippen LogP contribution in [0.5, 0.6) is 0 Å². The second-order valence-corrected chi connectivity index (χ2v) is 6.94. The number of anilines is 1. The third kappa shape index (κ3) is 4.79. The van der Waals surface area contributed by atoms with Crippen molar-refractivity contribution in [1.29, 1.82) is 0 Å². The SMILES string of the molecule is CC(=O)N1CCC(CC(=O)Nc2cnc(-c3cccc(Cl)c3)cn2)CC1. The van der Waals surface area contributed by atoms with Gasteiger partial charge in [0, 0.05) is 37.0 Å². The molecule has 6 nitrogen and oxygen atoms in total. The van der Waals surface area contributed by atoms with Crippen LogP contribution in [-0.2, 0) is 9.59 Å². The van der Waals surface area contributed by atoms with Crippen molar-refractivity contribution < 1.29 is 9.59 Å². The fourth-order valence-electron chi connectivity index (χ4n) is 3.10. The van der Waals surface area contributed by atoms with Crippen LogP contribution in [0.3, 0.4) is 0 Å². The molecule has 26 heavy (non-hydrogen) atoms. The molecule has 2 aromatic rings. The first kappa shape index (κ1) is 18.3. The number of piperidine rings is 1. The van der Waals surface area contributed by atoms with Crippen LogP contribution in [-0.4, -0.2) is 39.8 Å². The lowest BCUT2D eigenvalue weighted by molar-refractivity contribution is -0.130. The first-order valence-electron chi connectivity index (χ1n) is 8.64. The van der Waals surface area contributed by atoms with Gasteiger partial charge in [0.2, 0.25) is 11.8 Å². The summed E-state index contributed by atoms with van der Waals surface area (Å²) in [6.07, 6.45) is 5.31. The average Bonchev–Trinajstić information content (AvgIpc) is 2.62. The van der Waals surface area contributed by atoms with E-state index in [0.717, 1.165) is 31.5 Å². The van der Waals surface area contributed by atoms with E-state index in [1.165, 1.54) is 0 Å². The fourth-order valence-corrected chi connectivity index (χ4v) is 3.29. The lowest BCUT2D eigenvalue weighted by Crippen LogP contribution is -2.37. The third-order valence-corrected chi connectivity index (χ3v) is 4.81. The van der Waals surface area contributed by atoms with Gasteiger partial charge in [-0.1, -0.05) is 23.7 Å². The van der Waals surface area contributed by atoms with Crippen molar-refractivity contribution >= 4 is 29.2 Å². The van der Waals surface area contributed by atoms with Crippen LogP contribution in [0.15, 0.2) is 36.7 Å². The molecule has 0 spiro atoms.